The summed E-state index contributed by atoms with van der Waals surface area (Å²) in [6, 6.07) is 4.69. The minimum absolute atomic E-state index is 0.00748. The molecule has 11 nitrogen and oxygen atoms in total. The van der Waals surface area contributed by atoms with E-state index in [0.29, 0.717) is 49.5 Å². The van der Waals surface area contributed by atoms with Crippen LogP contribution >= 0.6 is 11.6 Å². The SMILES string of the molecule is O=C(N[C@@H](CC1CCCCC1)C(=O)NC(CC1CC2(CCOCC2)NC1=O)C(=O)C(=O)NC1CC1)OCc1cccc(Cl)c1. The van der Waals surface area contributed by atoms with Crippen molar-refractivity contribution in [3.05, 3.63) is 34.9 Å². The van der Waals surface area contributed by atoms with Gasteiger partial charge in [0.2, 0.25) is 17.6 Å². The number of rotatable bonds is 12. The van der Waals surface area contributed by atoms with Crippen LogP contribution in [0.3, 0.4) is 0 Å². The summed E-state index contributed by atoms with van der Waals surface area (Å²) in [6.45, 7) is 1.05. The number of halogens is 1. The van der Waals surface area contributed by atoms with Gasteiger partial charge in [0.15, 0.2) is 0 Å². The first kappa shape index (κ1) is 32.2. The van der Waals surface area contributed by atoms with Crippen LogP contribution < -0.4 is 21.3 Å². The molecule has 2 aliphatic carbocycles. The number of Topliss-reactive ketones (excluding diaryl/α,β-unsaturated/α-hetero) is 1. The zero-order valence-electron chi connectivity index (χ0n) is 25.0. The first-order valence-electron chi connectivity index (χ1n) is 15.9. The first-order chi connectivity index (χ1) is 21.2. The van der Waals surface area contributed by atoms with Crippen LogP contribution in [0, 0.1) is 11.8 Å². The average Bonchev–Trinajstić information content (AvgIpc) is 3.78. The molecule has 2 unspecified atom stereocenters. The van der Waals surface area contributed by atoms with E-state index < -0.39 is 47.2 Å². The van der Waals surface area contributed by atoms with E-state index >= 15 is 0 Å². The fraction of sp³-hybridized carbons (Fsp3) is 0.656. The van der Waals surface area contributed by atoms with E-state index in [2.05, 4.69) is 21.3 Å². The van der Waals surface area contributed by atoms with Gasteiger partial charge in [0.05, 0.1) is 6.04 Å². The number of nitrogens with one attached hydrogen (secondary N) is 4. The van der Waals surface area contributed by atoms with E-state index in [1.165, 1.54) is 0 Å². The highest BCUT2D eigenvalue weighted by Gasteiger charge is 2.47. The average molecular weight is 631 g/mol. The summed E-state index contributed by atoms with van der Waals surface area (Å²) in [5.41, 5.74) is 0.302. The Kier molecular flexibility index (Phi) is 10.8. The molecule has 12 heteroatoms. The van der Waals surface area contributed by atoms with Crippen molar-refractivity contribution < 1.29 is 33.4 Å². The Morgan fingerprint density at radius 2 is 1.75 bits per heavy atom. The molecule has 1 aromatic carbocycles. The standard InChI is InChI=1S/C32H43ClN4O7/c33-23-8-4-7-21(15-23)19-44-31(42)36-26(16-20-5-2-1-3-6-20)29(40)35-25(27(38)30(41)34-24-9-10-24)17-22-18-32(37-28(22)39)11-13-43-14-12-32/h4,7-8,15,20,22,24-26H,1-3,5-6,9-14,16-19H2,(H,34,41)(H,35,40)(H,36,42)(H,37,39)/t22?,25?,26-/m0/s1. The molecule has 240 valence electrons. The molecule has 2 saturated carbocycles. The quantitative estimate of drug-likeness (QED) is 0.259. The predicted molar refractivity (Wildman–Crippen MR) is 162 cm³/mol. The van der Waals surface area contributed by atoms with Crippen molar-refractivity contribution in [1.29, 1.82) is 0 Å². The monoisotopic (exact) mass is 630 g/mol. The number of hydrogen-bond acceptors (Lipinski definition) is 7. The van der Waals surface area contributed by atoms with Crippen LogP contribution in [0.25, 0.3) is 0 Å². The summed E-state index contributed by atoms with van der Waals surface area (Å²) in [5, 5.41) is 11.8. The molecule has 4 fully saturated rings. The van der Waals surface area contributed by atoms with Crippen LogP contribution in [0.15, 0.2) is 24.3 Å². The minimum Gasteiger partial charge on any atom is -0.445 e. The topological polar surface area (TPSA) is 152 Å². The smallest absolute Gasteiger partial charge is 0.408 e. The minimum atomic E-state index is -1.22. The molecule has 0 radical (unpaired) electrons. The van der Waals surface area contributed by atoms with Crippen LogP contribution in [-0.2, 0) is 35.3 Å². The van der Waals surface area contributed by atoms with Crippen molar-refractivity contribution in [2.75, 3.05) is 13.2 Å². The van der Waals surface area contributed by atoms with Gasteiger partial charge in [-0.3, -0.25) is 19.2 Å². The second-order valence-corrected chi connectivity index (χ2v) is 13.3. The highest BCUT2D eigenvalue weighted by atomic mass is 35.5. The molecule has 2 heterocycles. The van der Waals surface area contributed by atoms with E-state index in [4.69, 9.17) is 21.1 Å². The molecule has 2 aliphatic heterocycles. The van der Waals surface area contributed by atoms with Gasteiger partial charge in [0, 0.05) is 35.7 Å². The van der Waals surface area contributed by atoms with Gasteiger partial charge in [-0.25, -0.2) is 4.79 Å². The lowest BCUT2D eigenvalue weighted by atomic mass is 9.83. The molecule has 0 aromatic heterocycles. The van der Waals surface area contributed by atoms with E-state index in [1.807, 2.05) is 0 Å². The van der Waals surface area contributed by atoms with Crippen LogP contribution in [0.2, 0.25) is 5.02 Å². The van der Waals surface area contributed by atoms with Gasteiger partial charge in [-0.15, -0.1) is 0 Å². The van der Waals surface area contributed by atoms with Crippen molar-refractivity contribution in [2.45, 2.75) is 107 Å². The molecule has 5 rings (SSSR count). The van der Waals surface area contributed by atoms with Gasteiger partial charge in [-0.2, -0.15) is 0 Å². The zero-order chi connectivity index (χ0) is 31.1. The van der Waals surface area contributed by atoms with Crippen molar-refractivity contribution in [2.24, 2.45) is 11.8 Å². The lowest BCUT2D eigenvalue weighted by Gasteiger charge is -2.33. The molecule has 44 heavy (non-hydrogen) atoms. The van der Waals surface area contributed by atoms with Gasteiger partial charge in [0.1, 0.15) is 12.6 Å². The highest BCUT2D eigenvalue weighted by Crippen LogP contribution is 2.36. The number of ketones is 1. The molecular weight excluding hydrogens is 588 g/mol. The van der Waals surface area contributed by atoms with Crippen molar-refractivity contribution >= 4 is 41.2 Å². The van der Waals surface area contributed by atoms with Crippen LogP contribution in [0.1, 0.15) is 82.6 Å². The Morgan fingerprint density at radius 3 is 2.45 bits per heavy atom. The molecular formula is C32H43ClN4O7. The summed E-state index contributed by atoms with van der Waals surface area (Å²) < 4.78 is 10.9. The van der Waals surface area contributed by atoms with Crippen LogP contribution in [0.4, 0.5) is 4.79 Å². The Bertz CT molecular complexity index is 1230. The maximum Gasteiger partial charge on any atom is 0.408 e. The molecule has 1 aromatic rings. The summed E-state index contributed by atoms with van der Waals surface area (Å²) in [7, 11) is 0. The lowest BCUT2D eigenvalue weighted by Crippen LogP contribution is -2.55. The van der Waals surface area contributed by atoms with Gasteiger partial charge in [-0.05, 0) is 68.6 Å². The molecule has 4 N–H and O–H groups in total. The molecule has 4 aliphatic rings. The number of hydrogen-bond donors (Lipinski definition) is 4. The maximum absolute atomic E-state index is 13.8. The molecule has 2 saturated heterocycles. The number of carbonyl (C=O) groups excluding carboxylic acids is 5. The molecule has 3 atom stereocenters. The Morgan fingerprint density at radius 1 is 1.00 bits per heavy atom. The number of carbonyl (C=O) groups is 5. The maximum atomic E-state index is 13.8. The number of amides is 4. The van der Waals surface area contributed by atoms with Crippen molar-refractivity contribution in [1.82, 2.24) is 21.3 Å². The number of benzene rings is 1. The molecule has 1 spiro atoms. The third kappa shape index (κ3) is 8.94. The summed E-state index contributed by atoms with van der Waals surface area (Å²) in [6.07, 6.45) is 8.14. The Labute approximate surface area is 262 Å². The second-order valence-electron chi connectivity index (χ2n) is 12.8. The second kappa shape index (κ2) is 14.7. The van der Waals surface area contributed by atoms with Crippen molar-refractivity contribution in [3.8, 4) is 0 Å². The zero-order valence-corrected chi connectivity index (χ0v) is 25.8. The normalized spacial score (nSPS) is 22.8. The van der Waals surface area contributed by atoms with E-state index in [9.17, 15) is 24.0 Å². The van der Waals surface area contributed by atoms with E-state index in [-0.39, 0.29) is 30.9 Å². The summed E-state index contributed by atoms with van der Waals surface area (Å²) in [4.78, 5) is 66.0. The number of ether oxygens (including phenoxy) is 2. The molecule has 0 bridgehead atoms. The Balaban J connectivity index is 1.28. The third-order valence-electron chi connectivity index (χ3n) is 9.30. The van der Waals surface area contributed by atoms with Crippen LogP contribution in [0.5, 0.6) is 0 Å². The van der Waals surface area contributed by atoms with E-state index in [0.717, 1.165) is 44.9 Å². The van der Waals surface area contributed by atoms with Crippen molar-refractivity contribution in [3.63, 3.8) is 0 Å². The van der Waals surface area contributed by atoms with Crippen LogP contribution in [-0.4, -0.2) is 66.5 Å². The fourth-order valence-corrected chi connectivity index (χ4v) is 6.85. The van der Waals surface area contributed by atoms with Gasteiger partial charge in [-0.1, -0.05) is 55.8 Å². The van der Waals surface area contributed by atoms with Gasteiger partial charge >= 0.3 is 6.09 Å². The first-order valence-corrected chi connectivity index (χ1v) is 16.3. The predicted octanol–water partition coefficient (Wildman–Crippen LogP) is 3.31. The highest BCUT2D eigenvalue weighted by molar-refractivity contribution is 6.38. The van der Waals surface area contributed by atoms with Gasteiger partial charge < -0.3 is 30.7 Å². The lowest BCUT2D eigenvalue weighted by molar-refractivity contribution is -0.141. The summed E-state index contributed by atoms with van der Waals surface area (Å²) in [5.74, 6) is -2.66. The summed E-state index contributed by atoms with van der Waals surface area (Å²) >= 11 is 6.04. The third-order valence-corrected chi connectivity index (χ3v) is 9.53. The number of alkyl carbamates (subject to hydrolysis) is 1. The van der Waals surface area contributed by atoms with Gasteiger partial charge in [0.25, 0.3) is 5.91 Å². The van der Waals surface area contributed by atoms with E-state index in [1.54, 1.807) is 24.3 Å². The largest absolute Gasteiger partial charge is 0.445 e. The molecule has 4 amide bonds. The fourth-order valence-electron chi connectivity index (χ4n) is 6.64. The Hall–Kier alpha value is -3.18.